The second-order valence-corrected chi connectivity index (χ2v) is 7.32. The van der Waals surface area contributed by atoms with Crippen molar-refractivity contribution in [3.63, 3.8) is 0 Å². The highest BCUT2D eigenvalue weighted by Crippen LogP contribution is 2.26. The molecule has 5 nitrogen and oxygen atoms in total. The first kappa shape index (κ1) is 16.1. The average Bonchev–Trinajstić information content (AvgIpc) is 3.00. The van der Waals surface area contributed by atoms with E-state index in [1.165, 1.54) is 16.9 Å². The molecule has 1 amide bonds. The van der Waals surface area contributed by atoms with Crippen LogP contribution in [0.3, 0.4) is 0 Å². The lowest BCUT2D eigenvalue weighted by molar-refractivity contribution is -0.116. The largest absolute Gasteiger partial charge is 0.302 e. The summed E-state index contributed by atoms with van der Waals surface area (Å²) in [7, 11) is 0. The molecule has 0 aliphatic rings. The van der Waals surface area contributed by atoms with Gasteiger partial charge in [0.25, 0.3) is 0 Å². The molecule has 0 atom stereocenters. The molecular weight excluding hydrogens is 376 g/mol. The Hall–Kier alpha value is -1.73. The molecule has 0 fully saturated rings. The van der Waals surface area contributed by atoms with Crippen LogP contribution in [0.4, 0.5) is 5.13 Å². The first-order chi connectivity index (χ1) is 10.9. The Morgan fingerprint density at radius 3 is 2.83 bits per heavy atom. The van der Waals surface area contributed by atoms with Crippen molar-refractivity contribution in [1.29, 1.82) is 0 Å². The molecule has 0 spiro atoms. The summed E-state index contributed by atoms with van der Waals surface area (Å²) in [6.07, 6.45) is 0.364. The van der Waals surface area contributed by atoms with E-state index in [0.29, 0.717) is 18.1 Å². The standard InChI is InChI=1S/C16H17BrN4OS/c1-9-4-5-12-13(8-9)23-16(18-12)19-14(22)6-7-21-11(3)15(17)10(2)20-21/h4-5,8H,6-7H2,1-3H3,(H,18,19,22). The zero-order valence-electron chi connectivity index (χ0n) is 13.2. The minimum atomic E-state index is -0.0514. The van der Waals surface area contributed by atoms with Gasteiger partial charge in [0, 0.05) is 12.1 Å². The van der Waals surface area contributed by atoms with E-state index in [-0.39, 0.29) is 5.91 Å². The molecule has 3 aromatic rings. The number of nitrogens with zero attached hydrogens (tertiary/aromatic N) is 3. The number of amides is 1. The summed E-state index contributed by atoms with van der Waals surface area (Å²) >= 11 is 4.99. The highest BCUT2D eigenvalue weighted by atomic mass is 79.9. The maximum atomic E-state index is 12.1. The predicted octanol–water partition coefficient (Wildman–Crippen LogP) is 4.21. The summed E-state index contributed by atoms with van der Waals surface area (Å²) in [5.74, 6) is -0.0514. The number of benzene rings is 1. The summed E-state index contributed by atoms with van der Waals surface area (Å²) in [5, 5.41) is 7.93. The van der Waals surface area contributed by atoms with Crippen molar-refractivity contribution in [2.24, 2.45) is 0 Å². The zero-order chi connectivity index (χ0) is 16.6. The first-order valence-electron chi connectivity index (χ1n) is 7.30. The summed E-state index contributed by atoms with van der Waals surface area (Å²) < 4.78 is 3.93. The van der Waals surface area contributed by atoms with Crippen molar-refractivity contribution < 1.29 is 4.79 Å². The van der Waals surface area contributed by atoms with E-state index >= 15 is 0 Å². The number of nitrogens with one attached hydrogen (secondary N) is 1. The third kappa shape index (κ3) is 3.45. The lowest BCUT2D eigenvalue weighted by Gasteiger charge is -2.04. The van der Waals surface area contributed by atoms with Gasteiger partial charge in [-0.2, -0.15) is 5.10 Å². The van der Waals surface area contributed by atoms with Gasteiger partial charge in [0.15, 0.2) is 5.13 Å². The van der Waals surface area contributed by atoms with Gasteiger partial charge >= 0.3 is 0 Å². The van der Waals surface area contributed by atoms with Gasteiger partial charge in [0.1, 0.15) is 0 Å². The van der Waals surface area contributed by atoms with Gasteiger partial charge in [-0.1, -0.05) is 17.4 Å². The molecule has 1 N–H and O–H groups in total. The molecule has 0 bridgehead atoms. The minimum Gasteiger partial charge on any atom is -0.302 e. The maximum Gasteiger partial charge on any atom is 0.228 e. The summed E-state index contributed by atoms with van der Waals surface area (Å²) in [6.45, 7) is 6.52. The van der Waals surface area contributed by atoms with Crippen LogP contribution in [0.25, 0.3) is 10.2 Å². The van der Waals surface area contributed by atoms with Crippen molar-refractivity contribution in [1.82, 2.24) is 14.8 Å². The van der Waals surface area contributed by atoms with Crippen LogP contribution in [0.15, 0.2) is 22.7 Å². The molecule has 0 aliphatic heterocycles. The van der Waals surface area contributed by atoms with Crippen LogP contribution in [0, 0.1) is 20.8 Å². The van der Waals surface area contributed by atoms with Crippen molar-refractivity contribution in [3.8, 4) is 0 Å². The topological polar surface area (TPSA) is 59.8 Å². The molecular formula is C16H17BrN4OS. The average molecular weight is 393 g/mol. The van der Waals surface area contributed by atoms with E-state index in [2.05, 4.69) is 37.4 Å². The molecule has 7 heteroatoms. The fourth-order valence-corrected chi connectivity index (χ4v) is 3.63. The van der Waals surface area contributed by atoms with Crippen LogP contribution in [-0.2, 0) is 11.3 Å². The van der Waals surface area contributed by atoms with E-state index in [1.807, 2.05) is 37.6 Å². The number of anilines is 1. The number of hydrogen-bond donors (Lipinski definition) is 1. The summed E-state index contributed by atoms with van der Waals surface area (Å²) in [4.78, 5) is 16.6. The van der Waals surface area contributed by atoms with Gasteiger partial charge in [-0.05, 0) is 54.4 Å². The highest BCUT2D eigenvalue weighted by molar-refractivity contribution is 9.10. The number of hydrogen-bond acceptors (Lipinski definition) is 4. The quantitative estimate of drug-likeness (QED) is 0.723. The third-order valence-electron chi connectivity index (χ3n) is 3.63. The molecule has 23 heavy (non-hydrogen) atoms. The van der Waals surface area contributed by atoms with Crippen molar-refractivity contribution in [2.75, 3.05) is 5.32 Å². The minimum absolute atomic E-state index is 0.0514. The second-order valence-electron chi connectivity index (χ2n) is 5.50. The van der Waals surface area contributed by atoms with E-state index in [1.54, 1.807) is 0 Å². The number of fused-ring (bicyclic) bond motifs is 1. The Balaban J connectivity index is 1.65. The number of carbonyl (C=O) groups excluding carboxylic acids is 1. The van der Waals surface area contributed by atoms with E-state index < -0.39 is 0 Å². The number of aromatic nitrogens is 3. The number of carbonyl (C=O) groups is 1. The summed E-state index contributed by atoms with van der Waals surface area (Å²) in [6, 6.07) is 6.08. The van der Waals surface area contributed by atoms with E-state index in [4.69, 9.17) is 0 Å². The van der Waals surface area contributed by atoms with E-state index in [0.717, 1.165) is 26.1 Å². The number of aryl methyl sites for hydroxylation is 3. The Kier molecular flexibility index (Phi) is 4.50. The molecule has 0 saturated heterocycles. The molecule has 120 valence electrons. The zero-order valence-corrected chi connectivity index (χ0v) is 15.6. The van der Waals surface area contributed by atoms with Crippen LogP contribution in [-0.4, -0.2) is 20.7 Å². The van der Waals surface area contributed by atoms with Gasteiger partial charge in [-0.3, -0.25) is 9.48 Å². The Labute approximate surface area is 146 Å². The molecule has 0 unspecified atom stereocenters. The first-order valence-corrected chi connectivity index (χ1v) is 8.91. The third-order valence-corrected chi connectivity index (χ3v) is 5.72. The monoisotopic (exact) mass is 392 g/mol. The molecule has 2 aromatic heterocycles. The van der Waals surface area contributed by atoms with E-state index in [9.17, 15) is 4.79 Å². The Morgan fingerprint density at radius 2 is 2.13 bits per heavy atom. The maximum absolute atomic E-state index is 12.1. The molecule has 1 aromatic carbocycles. The lowest BCUT2D eigenvalue weighted by atomic mass is 10.2. The van der Waals surface area contributed by atoms with Crippen LogP contribution >= 0.6 is 27.3 Å². The van der Waals surface area contributed by atoms with Gasteiger partial charge in [-0.25, -0.2) is 4.98 Å². The van der Waals surface area contributed by atoms with Crippen LogP contribution in [0.5, 0.6) is 0 Å². The van der Waals surface area contributed by atoms with Gasteiger partial charge in [-0.15, -0.1) is 0 Å². The second kappa shape index (κ2) is 6.41. The molecule has 3 rings (SSSR count). The van der Waals surface area contributed by atoms with Crippen LogP contribution < -0.4 is 5.32 Å². The Bertz CT molecular complexity index is 884. The SMILES string of the molecule is Cc1ccc2nc(NC(=O)CCn3nc(C)c(Br)c3C)sc2c1. The normalized spacial score (nSPS) is 11.1. The smallest absolute Gasteiger partial charge is 0.228 e. The van der Waals surface area contributed by atoms with Gasteiger partial charge < -0.3 is 5.32 Å². The number of rotatable bonds is 4. The molecule has 0 saturated carbocycles. The van der Waals surface area contributed by atoms with Crippen molar-refractivity contribution >= 4 is 48.5 Å². The van der Waals surface area contributed by atoms with Gasteiger partial charge in [0.2, 0.25) is 5.91 Å². The predicted molar refractivity (Wildman–Crippen MR) is 97.0 cm³/mol. The van der Waals surface area contributed by atoms with Crippen molar-refractivity contribution in [3.05, 3.63) is 39.6 Å². The summed E-state index contributed by atoms with van der Waals surface area (Å²) in [5.41, 5.74) is 4.07. The molecule has 0 radical (unpaired) electrons. The Morgan fingerprint density at radius 1 is 1.35 bits per heavy atom. The van der Waals surface area contributed by atoms with Crippen LogP contribution in [0.1, 0.15) is 23.4 Å². The molecule has 2 heterocycles. The van der Waals surface area contributed by atoms with Gasteiger partial charge in [0.05, 0.1) is 26.9 Å². The highest BCUT2D eigenvalue weighted by Gasteiger charge is 2.12. The number of halogens is 1. The van der Waals surface area contributed by atoms with Crippen molar-refractivity contribution in [2.45, 2.75) is 33.7 Å². The number of thiazole rings is 1. The molecule has 0 aliphatic carbocycles. The fourth-order valence-electron chi connectivity index (χ4n) is 2.37. The van der Waals surface area contributed by atoms with Crippen LogP contribution in [0.2, 0.25) is 0 Å². The fraction of sp³-hybridized carbons (Fsp3) is 0.312. The lowest BCUT2D eigenvalue weighted by Crippen LogP contribution is -2.15.